The smallest absolute Gasteiger partial charge is 0.124 e. The van der Waals surface area contributed by atoms with Crippen LogP contribution in [0.5, 0.6) is 0 Å². The Balaban J connectivity index is 2.03. The van der Waals surface area contributed by atoms with Crippen molar-refractivity contribution in [3.05, 3.63) is 0 Å². The molecule has 0 N–H and O–H groups in total. The Kier molecular flexibility index (Phi) is 3.93. The van der Waals surface area contributed by atoms with Crippen LogP contribution < -0.4 is 0 Å². The van der Waals surface area contributed by atoms with Crippen LogP contribution in [-0.2, 0) is 0 Å². The minimum atomic E-state index is 0.327. The molecule has 0 aliphatic carbocycles. The second-order valence-corrected chi connectivity index (χ2v) is 5.40. The summed E-state index contributed by atoms with van der Waals surface area (Å²) in [5, 5.41) is 12.2. The van der Waals surface area contributed by atoms with E-state index in [0.717, 1.165) is 25.5 Å². The van der Waals surface area contributed by atoms with Gasteiger partial charge in [-0.25, -0.2) is 10.0 Å². The maximum absolute atomic E-state index is 4.75. The van der Waals surface area contributed by atoms with E-state index < -0.39 is 0 Å². The van der Waals surface area contributed by atoms with Crippen LogP contribution in [0.15, 0.2) is 20.4 Å². The Morgan fingerprint density at radius 2 is 2.06 bits per heavy atom. The molecule has 2 aliphatic rings. The van der Waals surface area contributed by atoms with Gasteiger partial charge in [0.1, 0.15) is 12.2 Å². The summed E-state index contributed by atoms with van der Waals surface area (Å²) in [4.78, 5) is 8.86. The summed E-state index contributed by atoms with van der Waals surface area (Å²) < 4.78 is 0. The molecule has 1 unspecified atom stereocenters. The molecule has 0 saturated carbocycles. The summed E-state index contributed by atoms with van der Waals surface area (Å²) in [5.41, 5.74) is 0. The first-order valence-corrected chi connectivity index (χ1v) is 6.61. The molecule has 0 saturated heterocycles. The summed E-state index contributed by atoms with van der Waals surface area (Å²) in [6, 6.07) is 0.327. The molecule has 1 atom stereocenters. The SMILES string of the molecule is CC(C)C1=NC(C(C)C)CN1N=NN1C=NCC1. The molecule has 6 heteroatoms. The highest BCUT2D eigenvalue weighted by atomic mass is 15.7. The van der Waals surface area contributed by atoms with Gasteiger partial charge < -0.3 is 0 Å². The molecule has 100 valence electrons. The first kappa shape index (κ1) is 13.0. The molecule has 0 aromatic carbocycles. The fourth-order valence-corrected chi connectivity index (χ4v) is 1.97. The molecular weight excluding hydrogens is 228 g/mol. The van der Waals surface area contributed by atoms with Crippen molar-refractivity contribution >= 4 is 12.2 Å². The zero-order valence-electron chi connectivity index (χ0n) is 11.6. The zero-order valence-corrected chi connectivity index (χ0v) is 11.6. The molecule has 2 rings (SSSR count). The topological polar surface area (TPSA) is 55.9 Å². The third-order valence-electron chi connectivity index (χ3n) is 3.14. The average Bonchev–Trinajstić information content (AvgIpc) is 2.95. The van der Waals surface area contributed by atoms with E-state index in [9.17, 15) is 0 Å². The number of nitrogens with zero attached hydrogens (tertiary/aromatic N) is 6. The summed E-state index contributed by atoms with van der Waals surface area (Å²) in [6.45, 7) is 11.1. The highest BCUT2D eigenvalue weighted by Crippen LogP contribution is 2.20. The van der Waals surface area contributed by atoms with Crippen molar-refractivity contribution < 1.29 is 0 Å². The third-order valence-corrected chi connectivity index (χ3v) is 3.14. The number of hydrogen-bond donors (Lipinski definition) is 0. The fraction of sp³-hybridized carbons (Fsp3) is 0.833. The molecule has 0 radical (unpaired) electrons. The molecule has 0 fully saturated rings. The maximum Gasteiger partial charge on any atom is 0.124 e. The quantitative estimate of drug-likeness (QED) is 0.717. The fourth-order valence-electron chi connectivity index (χ4n) is 1.97. The minimum Gasteiger partial charge on any atom is -0.272 e. The van der Waals surface area contributed by atoms with Crippen molar-refractivity contribution in [3.63, 3.8) is 0 Å². The molecule has 0 spiro atoms. The standard InChI is InChI=1S/C12H22N6/c1-9(2)11-7-18(12(14-11)10(3)4)16-15-17-6-5-13-8-17/h8-11H,5-7H2,1-4H3. The van der Waals surface area contributed by atoms with E-state index in [4.69, 9.17) is 4.99 Å². The van der Waals surface area contributed by atoms with Gasteiger partial charge in [-0.2, -0.15) is 0 Å². The summed E-state index contributed by atoms with van der Waals surface area (Å²) >= 11 is 0. The average molecular weight is 250 g/mol. The van der Waals surface area contributed by atoms with Crippen LogP contribution in [0.1, 0.15) is 27.7 Å². The van der Waals surface area contributed by atoms with Crippen molar-refractivity contribution in [1.29, 1.82) is 0 Å². The first-order chi connectivity index (χ1) is 8.58. The van der Waals surface area contributed by atoms with Crippen molar-refractivity contribution in [2.24, 2.45) is 32.3 Å². The second-order valence-electron chi connectivity index (χ2n) is 5.40. The molecule has 0 bridgehead atoms. The van der Waals surface area contributed by atoms with Crippen molar-refractivity contribution in [2.45, 2.75) is 33.7 Å². The third kappa shape index (κ3) is 2.86. The van der Waals surface area contributed by atoms with Crippen LogP contribution >= 0.6 is 0 Å². The number of aliphatic imine (C=N–C) groups is 2. The van der Waals surface area contributed by atoms with Crippen LogP contribution in [0.3, 0.4) is 0 Å². The van der Waals surface area contributed by atoms with Crippen molar-refractivity contribution in [2.75, 3.05) is 19.6 Å². The van der Waals surface area contributed by atoms with E-state index in [1.54, 1.807) is 11.3 Å². The van der Waals surface area contributed by atoms with E-state index in [0.29, 0.717) is 17.9 Å². The number of hydrogen-bond acceptors (Lipinski definition) is 4. The Hall–Kier alpha value is -1.46. The van der Waals surface area contributed by atoms with Gasteiger partial charge in [-0.15, -0.1) is 0 Å². The molecule has 2 aliphatic heterocycles. The van der Waals surface area contributed by atoms with E-state index in [1.807, 2.05) is 5.01 Å². The summed E-state index contributed by atoms with van der Waals surface area (Å²) in [7, 11) is 0. The predicted molar refractivity (Wildman–Crippen MR) is 72.5 cm³/mol. The van der Waals surface area contributed by atoms with Gasteiger partial charge >= 0.3 is 0 Å². The Morgan fingerprint density at radius 3 is 2.61 bits per heavy atom. The van der Waals surface area contributed by atoms with Gasteiger partial charge in [-0.1, -0.05) is 27.7 Å². The van der Waals surface area contributed by atoms with Crippen LogP contribution in [0, 0.1) is 11.8 Å². The van der Waals surface area contributed by atoms with Crippen LogP contribution in [0.25, 0.3) is 0 Å². The lowest BCUT2D eigenvalue weighted by Crippen LogP contribution is -2.28. The van der Waals surface area contributed by atoms with Gasteiger partial charge in [0.05, 0.1) is 25.7 Å². The zero-order chi connectivity index (χ0) is 13.1. The van der Waals surface area contributed by atoms with E-state index in [1.165, 1.54) is 0 Å². The lowest BCUT2D eigenvalue weighted by atomic mass is 10.1. The van der Waals surface area contributed by atoms with Gasteiger partial charge in [0.25, 0.3) is 0 Å². The predicted octanol–water partition coefficient (Wildman–Crippen LogP) is 2.01. The molecule has 6 nitrogen and oxygen atoms in total. The molecule has 0 amide bonds. The second kappa shape index (κ2) is 5.46. The molecule has 18 heavy (non-hydrogen) atoms. The molecule has 0 aromatic rings. The van der Waals surface area contributed by atoms with Crippen LogP contribution in [-0.4, -0.2) is 47.9 Å². The Bertz CT molecular complexity index is 371. The maximum atomic E-state index is 4.75. The van der Waals surface area contributed by atoms with Crippen molar-refractivity contribution in [1.82, 2.24) is 10.0 Å². The van der Waals surface area contributed by atoms with Crippen LogP contribution in [0.4, 0.5) is 0 Å². The lowest BCUT2D eigenvalue weighted by molar-refractivity contribution is 0.329. The van der Waals surface area contributed by atoms with Gasteiger partial charge in [-0.05, 0) is 16.4 Å². The molecular formula is C12H22N6. The van der Waals surface area contributed by atoms with Crippen LogP contribution in [0.2, 0.25) is 0 Å². The molecule has 0 aromatic heterocycles. The van der Waals surface area contributed by atoms with E-state index in [2.05, 4.69) is 43.1 Å². The first-order valence-electron chi connectivity index (χ1n) is 6.61. The van der Waals surface area contributed by atoms with Gasteiger partial charge in [0.15, 0.2) is 0 Å². The van der Waals surface area contributed by atoms with E-state index in [-0.39, 0.29) is 0 Å². The largest absolute Gasteiger partial charge is 0.272 e. The minimum absolute atomic E-state index is 0.327. The van der Waals surface area contributed by atoms with Gasteiger partial charge in [0.2, 0.25) is 0 Å². The number of amidine groups is 1. The van der Waals surface area contributed by atoms with Crippen molar-refractivity contribution in [3.8, 4) is 0 Å². The van der Waals surface area contributed by atoms with Gasteiger partial charge in [-0.3, -0.25) is 9.98 Å². The number of rotatable bonds is 4. The Labute approximate surface area is 108 Å². The molecule has 2 heterocycles. The monoisotopic (exact) mass is 250 g/mol. The van der Waals surface area contributed by atoms with E-state index >= 15 is 0 Å². The Morgan fingerprint density at radius 1 is 1.28 bits per heavy atom. The highest BCUT2D eigenvalue weighted by molar-refractivity contribution is 5.85. The summed E-state index contributed by atoms with van der Waals surface area (Å²) in [5.74, 6) is 1.95. The highest BCUT2D eigenvalue weighted by Gasteiger charge is 2.29. The summed E-state index contributed by atoms with van der Waals surface area (Å²) in [6.07, 6.45) is 1.73. The van der Waals surface area contributed by atoms with Gasteiger partial charge in [0, 0.05) is 5.92 Å². The lowest BCUT2D eigenvalue weighted by Gasteiger charge is -2.17. The normalized spacial score (nSPS) is 24.1.